The van der Waals surface area contributed by atoms with Crippen molar-refractivity contribution >= 4 is 33.7 Å². The summed E-state index contributed by atoms with van der Waals surface area (Å²) in [5.41, 5.74) is -0.0849. The van der Waals surface area contributed by atoms with Crippen LogP contribution in [0.15, 0.2) is 18.3 Å². The third-order valence-electron chi connectivity index (χ3n) is 1.21. The Morgan fingerprint density at radius 1 is 1.25 bits per heavy atom. The van der Waals surface area contributed by atoms with E-state index < -0.39 is 10.5 Å². The predicted octanol–water partition coefficient (Wildman–Crippen LogP) is 1.84. The average Bonchev–Trinajstić information content (AvgIpc) is 2.04. The van der Waals surface area contributed by atoms with E-state index in [1.54, 1.807) is 0 Å². The Balaban J connectivity index is 3.27. The second-order valence-corrected chi connectivity index (χ2v) is 2.63. The third kappa shape index (κ3) is 1.81. The molecule has 0 amide bonds. The molecule has 0 saturated heterocycles. The second-order valence-electron chi connectivity index (χ2n) is 1.95. The van der Waals surface area contributed by atoms with Crippen molar-refractivity contribution in [3.05, 3.63) is 29.6 Å². The van der Waals surface area contributed by atoms with Crippen molar-refractivity contribution in [3.8, 4) is 0 Å². The van der Waals surface area contributed by atoms with E-state index in [4.69, 9.17) is 23.2 Å². The number of hydrogen-bond donors (Lipinski definition) is 0. The summed E-state index contributed by atoms with van der Waals surface area (Å²) in [6.45, 7) is 0. The number of carbonyl (C=O) groups is 2. The molecular formula is C7H3Cl2NO2. The number of nitrogens with zero attached hydrogens (tertiary/aromatic N) is 1. The van der Waals surface area contributed by atoms with E-state index in [0.717, 1.165) is 0 Å². The molecule has 0 spiro atoms. The van der Waals surface area contributed by atoms with E-state index >= 15 is 0 Å². The number of carbonyl (C=O) groups excluding carboxylic acids is 2. The zero-order valence-corrected chi connectivity index (χ0v) is 7.26. The maximum absolute atomic E-state index is 10.7. The first-order valence-electron chi connectivity index (χ1n) is 2.97. The monoisotopic (exact) mass is 203 g/mol. The van der Waals surface area contributed by atoms with E-state index in [2.05, 4.69) is 4.98 Å². The minimum Gasteiger partial charge on any atom is -0.276 e. The normalized spacial score (nSPS) is 9.50. The van der Waals surface area contributed by atoms with Gasteiger partial charge in [0, 0.05) is 6.20 Å². The highest BCUT2D eigenvalue weighted by Crippen LogP contribution is 2.10. The fraction of sp³-hybridized carbons (Fsp3) is 0. The van der Waals surface area contributed by atoms with Gasteiger partial charge in [0.05, 0.1) is 5.56 Å². The number of hydrogen-bond acceptors (Lipinski definition) is 3. The molecular weight excluding hydrogens is 201 g/mol. The molecule has 0 atom stereocenters. The standard InChI is InChI=1S/C7H3Cl2NO2/c8-6(11)4-2-1-3-10-5(4)7(9)12/h1-3H. The Morgan fingerprint density at radius 3 is 2.33 bits per heavy atom. The summed E-state index contributed by atoms with van der Waals surface area (Å²) in [5, 5.41) is -1.54. The number of halogens is 2. The number of aromatic nitrogens is 1. The molecule has 0 fully saturated rings. The van der Waals surface area contributed by atoms with Gasteiger partial charge in [-0.2, -0.15) is 0 Å². The first-order valence-corrected chi connectivity index (χ1v) is 3.73. The van der Waals surface area contributed by atoms with Crippen LogP contribution in [0.25, 0.3) is 0 Å². The van der Waals surface area contributed by atoms with Gasteiger partial charge in [0.25, 0.3) is 10.5 Å². The highest BCUT2D eigenvalue weighted by Gasteiger charge is 2.14. The van der Waals surface area contributed by atoms with Gasteiger partial charge in [-0.1, -0.05) is 0 Å². The van der Waals surface area contributed by atoms with Crippen LogP contribution in [0.2, 0.25) is 0 Å². The highest BCUT2D eigenvalue weighted by atomic mass is 35.5. The van der Waals surface area contributed by atoms with Crippen LogP contribution < -0.4 is 0 Å². The quantitative estimate of drug-likeness (QED) is 0.690. The summed E-state index contributed by atoms with van der Waals surface area (Å²) >= 11 is 10.3. The molecule has 5 heteroatoms. The summed E-state index contributed by atoms with van der Waals surface area (Å²) in [5.74, 6) is 0. The van der Waals surface area contributed by atoms with E-state index in [0.29, 0.717) is 0 Å². The first-order chi connectivity index (χ1) is 5.63. The molecule has 0 aliphatic rings. The molecule has 0 saturated carbocycles. The molecule has 3 nitrogen and oxygen atoms in total. The van der Waals surface area contributed by atoms with Gasteiger partial charge >= 0.3 is 0 Å². The fourth-order valence-corrected chi connectivity index (χ4v) is 1.02. The van der Waals surface area contributed by atoms with Gasteiger partial charge < -0.3 is 0 Å². The van der Waals surface area contributed by atoms with E-state index in [9.17, 15) is 9.59 Å². The zero-order valence-electron chi connectivity index (χ0n) is 5.75. The SMILES string of the molecule is O=C(Cl)c1cccnc1C(=O)Cl. The fourth-order valence-electron chi connectivity index (χ4n) is 0.721. The lowest BCUT2D eigenvalue weighted by Crippen LogP contribution is -2.02. The van der Waals surface area contributed by atoms with Crippen LogP contribution in [0, 0.1) is 0 Å². The van der Waals surface area contributed by atoms with Crippen LogP contribution in [0.4, 0.5) is 0 Å². The van der Waals surface area contributed by atoms with Crippen molar-refractivity contribution < 1.29 is 9.59 Å². The lowest BCUT2D eigenvalue weighted by atomic mass is 10.2. The topological polar surface area (TPSA) is 47.0 Å². The van der Waals surface area contributed by atoms with Gasteiger partial charge in [0.2, 0.25) is 0 Å². The average molecular weight is 204 g/mol. The van der Waals surface area contributed by atoms with Crippen molar-refractivity contribution in [1.82, 2.24) is 4.98 Å². The molecule has 0 bridgehead atoms. The molecule has 1 aromatic rings. The molecule has 0 N–H and O–H groups in total. The molecule has 0 aliphatic heterocycles. The summed E-state index contributed by atoms with van der Waals surface area (Å²) in [4.78, 5) is 25.0. The smallest absolute Gasteiger partial charge is 0.271 e. The number of rotatable bonds is 2. The summed E-state index contributed by atoms with van der Waals surface area (Å²) < 4.78 is 0. The van der Waals surface area contributed by atoms with Crippen LogP contribution >= 0.6 is 23.2 Å². The highest BCUT2D eigenvalue weighted by molar-refractivity contribution is 6.71. The molecule has 0 aromatic carbocycles. The lowest BCUT2D eigenvalue weighted by Gasteiger charge is -1.97. The Morgan fingerprint density at radius 2 is 1.92 bits per heavy atom. The van der Waals surface area contributed by atoms with Gasteiger partial charge in [-0.15, -0.1) is 0 Å². The van der Waals surface area contributed by atoms with Crippen LogP contribution in [0.1, 0.15) is 20.8 Å². The maximum atomic E-state index is 10.7. The molecule has 1 aromatic heterocycles. The minimum absolute atomic E-state index is 0.0270. The number of pyridine rings is 1. The Kier molecular flexibility index (Phi) is 2.78. The minimum atomic E-state index is -0.792. The van der Waals surface area contributed by atoms with Crippen LogP contribution in [0.5, 0.6) is 0 Å². The van der Waals surface area contributed by atoms with E-state index in [1.807, 2.05) is 0 Å². The van der Waals surface area contributed by atoms with E-state index in [1.165, 1.54) is 18.3 Å². The van der Waals surface area contributed by atoms with Crippen molar-refractivity contribution in [1.29, 1.82) is 0 Å². The molecule has 1 rings (SSSR count). The van der Waals surface area contributed by atoms with Crippen molar-refractivity contribution in [2.75, 3.05) is 0 Å². The van der Waals surface area contributed by atoms with Gasteiger partial charge in [-0.3, -0.25) is 14.6 Å². The zero-order chi connectivity index (χ0) is 9.14. The summed E-state index contributed by atoms with van der Waals surface area (Å²) in [6.07, 6.45) is 1.36. The second kappa shape index (κ2) is 3.65. The molecule has 12 heavy (non-hydrogen) atoms. The first kappa shape index (κ1) is 9.16. The lowest BCUT2D eigenvalue weighted by molar-refractivity contribution is 0.104. The predicted molar refractivity (Wildman–Crippen MR) is 44.6 cm³/mol. The Hall–Kier alpha value is -0.930. The Labute approximate surface area is 78.3 Å². The van der Waals surface area contributed by atoms with Crippen LogP contribution in [-0.4, -0.2) is 15.5 Å². The maximum Gasteiger partial charge on any atom is 0.271 e. The summed E-state index contributed by atoms with van der Waals surface area (Å²) in [6, 6.07) is 2.89. The largest absolute Gasteiger partial charge is 0.276 e. The van der Waals surface area contributed by atoms with Crippen molar-refractivity contribution in [2.45, 2.75) is 0 Å². The van der Waals surface area contributed by atoms with Crippen molar-refractivity contribution in [3.63, 3.8) is 0 Å². The van der Waals surface area contributed by atoms with Gasteiger partial charge in [-0.25, -0.2) is 0 Å². The molecule has 62 valence electrons. The van der Waals surface area contributed by atoms with Gasteiger partial charge in [0.1, 0.15) is 5.69 Å². The van der Waals surface area contributed by atoms with Crippen LogP contribution in [-0.2, 0) is 0 Å². The Bertz CT molecular complexity index is 305. The van der Waals surface area contributed by atoms with Crippen molar-refractivity contribution in [2.24, 2.45) is 0 Å². The molecule has 0 radical (unpaired) electrons. The summed E-state index contributed by atoms with van der Waals surface area (Å²) in [7, 11) is 0. The van der Waals surface area contributed by atoms with E-state index in [-0.39, 0.29) is 11.3 Å². The molecule has 0 unspecified atom stereocenters. The molecule has 1 heterocycles. The van der Waals surface area contributed by atoms with Crippen LogP contribution in [0.3, 0.4) is 0 Å². The molecule has 0 aliphatic carbocycles. The van der Waals surface area contributed by atoms with Gasteiger partial charge in [0.15, 0.2) is 0 Å². The van der Waals surface area contributed by atoms with Gasteiger partial charge in [-0.05, 0) is 35.3 Å². The third-order valence-corrected chi connectivity index (χ3v) is 1.59.